The Bertz CT molecular complexity index is 1210. The van der Waals surface area contributed by atoms with Gasteiger partial charge in [-0.25, -0.2) is 4.39 Å². The van der Waals surface area contributed by atoms with Gasteiger partial charge in [-0.1, -0.05) is 23.8 Å². The first kappa shape index (κ1) is 27.2. The number of amides is 2. The number of thiophene rings is 1. The molecule has 3 N–H and O–H groups in total. The molecule has 0 saturated carbocycles. The number of nitrogens with zero attached hydrogens (tertiary/aromatic N) is 1. The number of phenolic OH excluding ortho intramolecular Hbond substituents is 1. The van der Waals surface area contributed by atoms with E-state index in [-0.39, 0.29) is 31.6 Å². The van der Waals surface area contributed by atoms with Crippen molar-refractivity contribution in [2.24, 2.45) is 17.8 Å². The Labute approximate surface area is 219 Å². The molecule has 2 aliphatic rings. The van der Waals surface area contributed by atoms with Crippen molar-refractivity contribution in [2.45, 2.75) is 38.8 Å². The molecule has 0 radical (unpaired) electrons. The number of carbonyl (C=O) groups excluding carboxylic acids is 2. The number of aliphatic hydroxyl groups is 2. The molecular weight excluding hydrogens is 497 g/mol. The summed E-state index contributed by atoms with van der Waals surface area (Å²) in [5, 5.41) is 32.9. The van der Waals surface area contributed by atoms with Gasteiger partial charge < -0.3 is 20.1 Å². The van der Waals surface area contributed by atoms with Gasteiger partial charge in [0.2, 0.25) is 11.8 Å². The van der Waals surface area contributed by atoms with E-state index in [9.17, 15) is 29.3 Å². The van der Waals surface area contributed by atoms with Gasteiger partial charge >= 0.3 is 0 Å². The maximum absolute atomic E-state index is 13.7. The van der Waals surface area contributed by atoms with Gasteiger partial charge in [0.05, 0.1) is 37.7 Å². The van der Waals surface area contributed by atoms with Gasteiger partial charge in [0.15, 0.2) is 11.6 Å². The molecule has 1 fully saturated rings. The van der Waals surface area contributed by atoms with E-state index < -0.39 is 35.4 Å². The van der Waals surface area contributed by atoms with E-state index in [0.717, 1.165) is 16.0 Å². The zero-order valence-electron chi connectivity index (χ0n) is 20.9. The predicted octanol–water partition coefficient (Wildman–Crippen LogP) is 3.89. The third-order valence-corrected chi connectivity index (χ3v) is 8.10. The van der Waals surface area contributed by atoms with Crippen LogP contribution in [0, 0.1) is 23.6 Å². The Kier molecular flexibility index (Phi) is 8.59. The monoisotopic (exact) mass is 529 g/mol. The molecule has 1 aliphatic carbocycles. The lowest BCUT2D eigenvalue weighted by Crippen LogP contribution is -2.39. The number of aliphatic hydroxyl groups excluding tert-OH is 2. The number of halogens is 1. The number of benzene rings is 1. The zero-order valence-corrected chi connectivity index (χ0v) is 21.7. The topological polar surface area (TPSA) is 107 Å². The molecule has 0 spiro atoms. The van der Waals surface area contributed by atoms with E-state index in [1.807, 2.05) is 24.4 Å². The van der Waals surface area contributed by atoms with E-state index >= 15 is 0 Å². The lowest BCUT2D eigenvalue weighted by atomic mass is 9.68. The second-order valence-electron chi connectivity index (χ2n) is 9.72. The maximum atomic E-state index is 13.7. The summed E-state index contributed by atoms with van der Waals surface area (Å²) >= 11 is 1.47. The second kappa shape index (κ2) is 11.7. The minimum absolute atomic E-state index is 0.195. The molecule has 2 heterocycles. The fourth-order valence-electron chi connectivity index (χ4n) is 5.54. The van der Waals surface area contributed by atoms with Gasteiger partial charge in [-0.05, 0) is 66.5 Å². The molecular formula is C28H32FNO6S. The number of phenols is 1. The average Bonchev–Trinajstić information content (AvgIpc) is 3.47. The highest BCUT2D eigenvalue weighted by atomic mass is 32.1. The fourth-order valence-corrected chi connectivity index (χ4v) is 6.23. The Morgan fingerprint density at radius 2 is 2.08 bits per heavy atom. The number of likely N-dealkylation sites (tertiary alicyclic amines) is 1. The molecule has 1 aromatic heterocycles. The minimum Gasteiger partial charge on any atom is -0.505 e. The number of hydrogen-bond donors (Lipinski definition) is 3. The van der Waals surface area contributed by atoms with Crippen LogP contribution < -0.4 is 0 Å². The number of ether oxygens (including phenoxy) is 1. The zero-order chi connectivity index (χ0) is 26.7. The van der Waals surface area contributed by atoms with E-state index in [0.29, 0.717) is 30.4 Å². The van der Waals surface area contributed by atoms with Crippen molar-refractivity contribution >= 4 is 29.2 Å². The van der Waals surface area contributed by atoms with Gasteiger partial charge in [0.25, 0.3) is 0 Å². The largest absolute Gasteiger partial charge is 0.505 e. The number of hydrogen-bond acceptors (Lipinski definition) is 7. The molecule has 7 nitrogen and oxygen atoms in total. The number of aromatic hydroxyl groups is 1. The lowest BCUT2D eigenvalue weighted by Gasteiger charge is -2.36. The van der Waals surface area contributed by atoms with Gasteiger partial charge in [0, 0.05) is 17.9 Å². The molecule has 2 aromatic rings. The summed E-state index contributed by atoms with van der Waals surface area (Å²) in [6.45, 7) is 1.90. The first-order valence-corrected chi connectivity index (χ1v) is 13.2. The normalized spacial score (nSPS) is 23.1. The smallest absolute Gasteiger partial charge is 0.234 e. The molecule has 4 rings (SSSR count). The van der Waals surface area contributed by atoms with E-state index in [1.54, 1.807) is 12.1 Å². The Morgan fingerprint density at radius 3 is 2.73 bits per heavy atom. The number of methoxy groups -OCH3 is 1. The van der Waals surface area contributed by atoms with Crippen molar-refractivity contribution in [3.63, 3.8) is 0 Å². The van der Waals surface area contributed by atoms with Crippen molar-refractivity contribution < 1.29 is 34.0 Å². The Hall–Kier alpha value is -2.85. The van der Waals surface area contributed by atoms with E-state index in [4.69, 9.17) is 4.74 Å². The SMILES string of the molecule is COCC1=C([C@H](O)CC/C(C)=C/c2ccc(O)c(F)c2)[C@H](CO)[C@@H]2C(=O)N(Cc3cccs3)C(=O)[C@@H]2C1. The summed E-state index contributed by atoms with van der Waals surface area (Å²) in [6, 6.07) is 7.88. The molecule has 0 unspecified atom stereocenters. The van der Waals surface area contributed by atoms with Crippen LogP contribution in [0.3, 0.4) is 0 Å². The number of fused-ring (bicyclic) bond motifs is 1. The molecule has 1 aliphatic heterocycles. The molecule has 0 bridgehead atoms. The average molecular weight is 530 g/mol. The maximum Gasteiger partial charge on any atom is 0.234 e. The summed E-state index contributed by atoms with van der Waals surface area (Å²) < 4.78 is 19.0. The number of imide groups is 1. The van der Waals surface area contributed by atoms with Gasteiger partial charge in [0.1, 0.15) is 0 Å². The number of allylic oxidation sites excluding steroid dienone is 1. The quantitative estimate of drug-likeness (QED) is 0.318. The molecule has 1 saturated heterocycles. The van der Waals surface area contributed by atoms with Crippen molar-refractivity contribution in [3.05, 3.63) is 68.7 Å². The van der Waals surface area contributed by atoms with Crippen LogP contribution in [0.25, 0.3) is 6.08 Å². The fraction of sp³-hybridized carbons (Fsp3) is 0.429. The highest BCUT2D eigenvalue weighted by Gasteiger charge is 2.54. The molecule has 37 heavy (non-hydrogen) atoms. The first-order chi connectivity index (χ1) is 17.7. The van der Waals surface area contributed by atoms with Gasteiger partial charge in [-0.3, -0.25) is 14.5 Å². The predicted molar refractivity (Wildman–Crippen MR) is 138 cm³/mol. The van der Waals surface area contributed by atoms with Crippen LogP contribution in [-0.4, -0.2) is 58.5 Å². The lowest BCUT2D eigenvalue weighted by molar-refractivity contribution is -0.140. The summed E-state index contributed by atoms with van der Waals surface area (Å²) in [4.78, 5) is 28.8. The van der Waals surface area contributed by atoms with E-state index in [2.05, 4.69) is 0 Å². The standard InChI is InChI=1S/C28H32FNO6S/c1-16(10-17-6-8-23(32)22(29)11-17)5-7-24(33)25-18(15-36-2)12-20-26(21(25)14-31)28(35)30(27(20)34)13-19-4-3-9-37-19/h3-4,6,8-11,20-21,24,26,31-33H,5,7,12-15H2,1-2H3/b16-10+/t20-,21+,24-,26-/m1/s1. The van der Waals surface area contributed by atoms with Crippen LogP contribution in [0.2, 0.25) is 0 Å². The van der Waals surface area contributed by atoms with Crippen LogP contribution in [0.5, 0.6) is 5.75 Å². The van der Waals surface area contributed by atoms with Crippen molar-refractivity contribution in [1.29, 1.82) is 0 Å². The summed E-state index contributed by atoms with van der Waals surface area (Å²) in [5.41, 5.74) is 2.81. The summed E-state index contributed by atoms with van der Waals surface area (Å²) in [7, 11) is 1.53. The highest BCUT2D eigenvalue weighted by Crippen LogP contribution is 2.46. The molecule has 9 heteroatoms. The van der Waals surface area contributed by atoms with Crippen LogP contribution in [0.4, 0.5) is 4.39 Å². The van der Waals surface area contributed by atoms with Crippen LogP contribution >= 0.6 is 11.3 Å². The number of rotatable bonds is 10. The molecule has 198 valence electrons. The van der Waals surface area contributed by atoms with Crippen LogP contribution in [-0.2, 0) is 20.9 Å². The summed E-state index contributed by atoms with van der Waals surface area (Å²) in [6.07, 6.45) is 1.94. The summed E-state index contributed by atoms with van der Waals surface area (Å²) in [5.74, 6) is -3.67. The van der Waals surface area contributed by atoms with Gasteiger partial charge in [-0.15, -0.1) is 11.3 Å². The molecule has 2 amide bonds. The second-order valence-corrected chi connectivity index (χ2v) is 10.7. The van der Waals surface area contributed by atoms with Crippen molar-refractivity contribution in [1.82, 2.24) is 4.90 Å². The minimum atomic E-state index is -0.947. The number of carbonyl (C=O) groups is 2. The first-order valence-electron chi connectivity index (χ1n) is 12.3. The Morgan fingerprint density at radius 1 is 1.30 bits per heavy atom. The third kappa shape index (κ3) is 5.70. The van der Waals surface area contributed by atoms with Gasteiger partial charge in [-0.2, -0.15) is 0 Å². The van der Waals surface area contributed by atoms with Crippen LogP contribution in [0.1, 0.15) is 36.6 Å². The molecule has 1 aromatic carbocycles. The molecule has 4 atom stereocenters. The highest BCUT2D eigenvalue weighted by molar-refractivity contribution is 7.09. The van der Waals surface area contributed by atoms with Crippen molar-refractivity contribution in [3.8, 4) is 5.75 Å². The van der Waals surface area contributed by atoms with Crippen molar-refractivity contribution in [2.75, 3.05) is 20.3 Å². The van der Waals surface area contributed by atoms with Crippen LogP contribution in [0.15, 0.2) is 52.4 Å². The Balaban J connectivity index is 1.54. The third-order valence-electron chi connectivity index (χ3n) is 7.24. The van der Waals surface area contributed by atoms with E-state index in [1.165, 1.54) is 35.5 Å².